The van der Waals surface area contributed by atoms with E-state index < -0.39 is 10.2 Å². The van der Waals surface area contributed by atoms with Crippen LogP contribution in [0.15, 0.2) is 48.5 Å². The zero-order valence-electron chi connectivity index (χ0n) is 11.5. The molecule has 110 valence electrons. The van der Waals surface area contributed by atoms with Gasteiger partial charge in [0.1, 0.15) is 0 Å². The summed E-state index contributed by atoms with van der Waals surface area (Å²) in [5, 5.41) is 0. The van der Waals surface area contributed by atoms with Gasteiger partial charge in [0.15, 0.2) is 0 Å². The van der Waals surface area contributed by atoms with Gasteiger partial charge in [-0.2, -0.15) is 12.7 Å². The van der Waals surface area contributed by atoms with Crippen LogP contribution in [0.25, 0.3) is 0 Å². The standard InChI is InChI=1S/C15H17N3O2S/c16-14-5-7-15(8-6-14)17-21(19,20)18-10-9-12-3-1-2-4-13(12)11-18/h1-8,17H,9-11,16H2. The first-order chi connectivity index (χ1) is 10.0. The number of nitrogen functional groups attached to an aromatic ring is 1. The summed E-state index contributed by atoms with van der Waals surface area (Å²) in [6, 6.07) is 14.6. The van der Waals surface area contributed by atoms with Crippen molar-refractivity contribution >= 4 is 21.6 Å². The van der Waals surface area contributed by atoms with Gasteiger partial charge < -0.3 is 5.73 Å². The highest BCUT2D eigenvalue weighted by Crippen LogP contribution is 2.22. The van der Waals surface area contributed by atoms with Crippen LogP contribution in [0, 0.1) is 0 Å². The molecule has 2 aromatic rings. The van der Waals surface area contributed by atoms with Crippen LogP contribution in [-0.2, 0) is 23.2 Å². The molecule has 0 saturated carbocycles. The van der Waals surface area contributed by atoms with Gasteiger partial charge in [0.05, 0.1) is 0 Å². The number of nitrogens with one attached hydrogen (secondary N) is 1. The first kappa shape index (κ1) is 13.9. The summed E-state index contributed by atoms with van der Waals surface area (Å²) in [5.41, 5.74) is 9.00. The molecule has 0 fully saturated rings. The van der Waals surface area contributed by atoms with Crippen molar-refractivity contribution in [2.24, 2.45) is 0 Å². The number of fused-ring (bicyclic) bond motifs is 1. The molecule has 6 heteroatoms. The fourth-order valence-corrected chi connectivity index (χ4v) is 3.64. The number of nitrogens with two attached hydrogens (primary N) is 1. The van der Waals surface area contributed by atoms with E-state index in [0.29, 0.717) is 24.5 Å². The molecule has 3 rings (SSSR count). The van der Waals surface area contributed by atoms with Crippen molar-refractivity contribution in [1.82, 2.24) is 4.31 Å². The maximum atomic E-state index is 12.4. The van der Waals surface area contributed by atoms with E-state index in [2.05, 4.69) is 4.72 Å². The van der Waals surface area contributed by atoms with Crippen LogP contribution in [0.2, 0.25) is 0 Å². The van der Waals surface area contributed by atoms with E-state index in [9.17, 15) is 8.42 Å². The van der Waals surface area contributed by atoms with Crippen molar-refractivity contribution in [3.05, 3.63) is 59.7 Å². The molecular formula is C15H17N3O2S. The molecule has 0 spiro atoms. The second kappa shape index (κ2) is 5.38. The van der Waals surface area contributed by atoms with Crippen LogP contribution < -0.4 is 10.5 Å². The van der Waals surface area contributed by atoms with Gasteiger partial charge in [0.25, 0.3) is 0 Å². The van der Waals surface area contributed by atoms with Gasteiger partial charge in [-0.05, 0) is 41.8 Å². The smallest absolute Gasteiger partial charge is 0.301 e. The van der Waals surface area contributed by atoms with Crippen LogP contribution in [0.3, 0.4) is 0 Å². The topological polar surface area (TPSA) is 75.4 Å². The average molecular weight is 303 g/mol. The Morgan fingerprint density at radius 2 is 1.67 bits per heavy atom. The Labute approximate surface area is 124 Å². The fraction of sp³-hybridized carbons (Fsp3) is 0.200. The molecule has 0 aliphatic carbocycles. The van der Waals surface area contributed by atoms with Gasteiger partial charge in [-0.25, -0.2) is 0 Å². The minimum Gasteiger partial charge on any atom is -0.399 e. The molecule has 1 aliphatic heterocycles. The summed E-state index contributed by atoms with van der Waals surface area (Å²) < 4.78 is 28.9. The minimum atomic E-state index is -3.55. The lowest BCUT2D eigenvalue weighted by atomic mass is 10.0. The lowest BCUT2D eigenvalue weighted by Gasteiger charge is -2.28. The molecule has 0 unspecified atom stereocenters. The SMILES string of the molecule is Nc1ccc(NS(=O)(=O)N2CCc3ccccc3C2)cc1. The second-order valence-electron chi connectivity index (χ2n) is 5.08. The number of anilines is 2. The fourth-order valence-electron chi connectivity index (χ4n) is 2.44. The Morgan fingerprint density at radius 3 is 2.38 bits per heavy atom. The quantitative estimate of drug-likeness (QED) is 0.851. The third kappa shape index (κ3) is 3.01. The molecule has 0 saturated heterocycles. The Kier molecular flexibility index (Phi) is 3.57. The van der Waals surface area contributed by atoms with Crippen LogP contribution in [-0.4, -0.2) is 19.3 Å². The lowest BCUT2D eigenvalue weighted by molar-refractivity contribution is 0.394. The molecular weight excluding hydrogens is 286 g/mol. The zero-order chi connectivity index (χ0) is 14.9. The Bertz CT molecular complexity index is 742. The third-order valence-electron chi connectivity index (χ3n) is 3.59. The van der Waals surface area contributed by atoms with Crippen molar-refractivity contribution in [3.63, 3.8) is 0 Å². The van der Waals surface area contributed by atoms with Crippen molar-refractivity contribution in [2.75, 3.05) is 17.0 Å². The summed E-state index contributed by atoms with van der Waals surface area (Å²) >= 11 is 0. The number of rotatable bonds is 3. The van der Waals surface area contributed by atoms with Crippen LogP contribution in [0.4, 0.5) is 11.4 Å². The van der Waals surface area contributed by atoms with Gasteiger partial charge >= 0.3 is 10.2 Å². The maximum Gasteiger partial charge on any atom is 0.301 e. The summed E-state index contributed by atoms with van der Waals surface area (Å²) in [5.74, 6) is 0. The third-order valence-corrected chi connectivity index (χ3v) is 5.08. The van der Waals surface area contributed by atoms with Crippen molar-refractivity contribution in [1.29, 1.82) is 0 Å². The molecule has 2 aromatic carbocycles. The van der Waals surface area contributed by atoms with Gasteiger partial charge in [-0.3, -0.25) is 4.72 Å². The lowest BCUT2D eigenvalue weighted by Crippen LogP contribution is -2.39. The molecule has 0 bridgehead atoms. The van der Waals surface area contributed by atoms with Gasteiger partial charge in [0, 0.05) is 24.5 Å². The van der Waals surface area contributed by atoms with Crippen LogP contribution >= 0.6 is 0 Å². The highest BCUT2D eigenvalue weighted by Gasteiger charge is 2.26. The Morgan fingerprint density at radius 1 is 1.00 bits per heavy atom. The van der Waals surface area contributed by atoms with Gasteiger partial charge in [0.2, 0.25) is 0 Å². The predicted molar refractivity (Wildman–Crippen MR) is 84.0 cm³/mol. The van der Waals surface area contributed by atoms with Crippen LogP contribution in [0.1, 0.15) is 11.1 Å². The van der Waals surface area contributed by atoms with E-state index in [0.717, 1.165) is 12.0 Å². The molecule has 5 nitrogen and oxygen atoms in total. The Balaban J connectivity index is 1.78. The van der Waals surface area contributed by atoms with Crippen molar-refractivity contribution in [3.8, 4) is 0 Å². The van der Waals surface area contributed by atoms with E-state index in [1.165, 1.54) is 9.87 Å². The molecule has 0 radical (unpaired) electrons. The van der Waals surface area contributed by atoms with E-state index in [-0.39, 0.29) is 0 Å². The normalized spacial score (nSPS) is 15.4. The summed E-state index contributed by atoms with van der Waals surface area (Å²) in [4.78, 5) is 0. The van der Waals surface area contributed by atoms with E-state index in [4.69, 9.17) is 5.73 Å². The largest absolute Gasteiger partial charge is 0.399 e. The second-order valence-corrected chi connectivity index (χ2v) is 6.75. The Hall–Kier alpha value is -2.05. The first-order valence-electron chi connectivity index (χ1n) is 6.75. The summed E-state index contributed by atoms with van der Waals surface area (Å²) in [7, 11) is -3.55. The van der Waals surface area contributed by atoms with Crippen molar-refractivity contribution in [2.45, 2.75) is 13.0 Å². The highest BCUT2D eigenvalue weighted by atomic mass is 32.2. The van der Waals surface area contributed by atoms with E-state index in [1.54, 1.807) is 24.3 Å². The molecule has 0 aromatic heterocycles. The monoisotopic (exact) mass is 303 g/mol. The summed E-state index contributed by atoms with van der Waals surface area (Å²) in [6.45, 7) is 0.891. The number of hydrogen-bond donors (Lipinski definition) is 2. The van der Waals surface area contributed by atoms with Gasteiger partial charge in [-0.15, -0.1) is 0 Å². The molecule has 21 heavy (non-hydrogen) atoms. The van der Waals surface area contributed by atoms with Crippen LogP contribution in [0.5, 0.6) is 0 Å². The van der Waals surface area contributed by atoms with Crippen molar-refractivity contribution < 1.29 is 8.42 Å². The average Bonchev–Trinajstić information content (AvgIpc) is 2.49. The molecule has 1 heterocycles. The number of benzene rings is 2. The summed E-state index contributed by atoms with van der Waals surface area (Å²) in [6.07, 6.45) is 0.735. The predicted octanol–water partition coefficient (Wildman–Crippen LogP) is 1.98. The van der Waals surface area contributed by atoms with Gasteiger partial charge in [-0.1, -0.05) is 24.3 Å². The minimum absolute atomic E-state index is 0.403. The van der Waals surface area contributed by atoms with E-state index >= 15 is 0 Å². The maximum absolute atomic E-state index is 12.4. The molecule has 3 N–H and O–H groups in total. The number of nitrogens with zero attached hydrogens (tertiary/aromatic N) is 1. The first-order valence-corrected chi connectivity index (χ1v) is 8.19. The van der Waals surface area contributed by atoms with E-state index in [1.807, 2.05) is 24.3 Å². The molecule has 0 atom stereocenters. The highest BCUT2D eigenvalue weighted by molar-refractivity contribution is 7.90. The number of hydrogen-bond acceptors (Lipinski definition) is 3. The molecule has 0 amide bonds. The molecule has 1 aliphatic rings. The zero-order valence-corrected chi connectivity index (χ0v) is 12.3.